The zero-order valence-corrected chi connectivity index (χ0v) is 22.2. The van der Waals surface area contributed by atoms with Crippen molar-refractivity contribution < 1.29 is 48.8 Å². The SMILES string of the molecule is COc1cc(C[C@@](C)(O)CO)c(-c2c(C[C@@](C)(O)CO)cc(OC)c(OC)c2OC)c(OC)c1OC. The molecule has 202 valence electrons. The zero-order valence-electron chi connectivity index (χ0n) is 22.2. The number of hydrogen-bond donors (Lipinski definition) is 4. The number of hydrogen-bond acceptors (Lipinski definition) is 10. The summed E-state index contributed by atoms with van der Waals surface area (Å²) < 4.78 is 33.9. The Hall–Kier alpha value is -2.92. The summed E-state index contributed by atoms with van der Waals surface area (Å²) in [7, 11) is 8.82. The monoisotopic (exact) mass is 510 g/mol. The maximum Gasteiger partial charge on any atom is 0.203 e. The van der Waals surface area contributed by atoms with Gasteiger partial charge in [-0.05, 0) is 37.1 Å². The first kappa shape index (κ1) is 29.3. The molecule has 0 saturated heterocycles. The van der Waals surface area contributed by atoms with E-state index in [0.717, 1.165) is 0 Å². The molecule has 10 nitrogen and oxygen atoms in total. The molecular formula is C26H38O10. The van der Waals surface area contributed by atoms with Gasteiger partial charge in [-0.3, -0.25) is 0 Å². The van der Waals surface area contributed by atoms with E-state index in [-0.39, 0.29) is 24.3 Å². The van der Waals surface area contributed by atoms with Gasteiger partial charge in [-0.1, -0.05) is 0 Å². The molecule has 0 heterocycles. The molecule has 0 aliphatic rings. The molecule has 0 unspecified atom stereocenters. The van der Waals surface area contributed by atoms with Crippen LogP contribution in [0.3, 0.4) is 0 Å². The fourth-order valence-corrected chi connectivity index (χ4v) is 4.17. The number of rotatable bonds is 13. The molecule has 2 aromatic carbocycles. The highest BCUT2D eigenvalue weighted by atomic mass is 16.5. The summed E-state index contributed by atoms with van der Waals surface area (Å²) in [6.07, 6.45) is 0.00571. The van der Waals surface area contributed by atoms with Crippen LogP contribution in [0.15, 0.2) is 12.1 Å². The van der Waals surface area contributed by atoms with E-state index in [1.807, 2.05) is 0 Å². The lowest BCUT2D eigenvalue weighted by Crippen LogP contribution is -2.32. The van der Waals surface area contributed by atoms with Gasteiger partial charge in [-0.15, -0.1) is 0 Å². The van der Waals surface area contributed by atoms with E-state index in [0.29, 0.717) is 45.3 Å². The van der Waals surface area contributed by atoms with Crippen LogP contribution in [0.5, 0.6) is 34.5 Å². The molecule has 0 bridgehead atoms. The molecule has 0 radical (unpaired) electrons. The van der Waals surface area contributed by atoms with E-state index < -0.39 is 24.4 Å². The summed E-state index contributed by atoms with van der Waals surface area (Å²) in [6, 6.07) is 3.37. The second-order valence-electron chi connectivity index (χ2n) is 9.02. The molecular weight excluding hydrogens is 472 g/mol. The molecule has 0 spiro atoms. The Labute approximate surface area is 211 Å². The van der Waals surface area contributed by atoms with Gasteiger partial charge >= 0.3 is 0 Å². The number of aliphatic hydroxyl groups excluding tert-OH is 2. The van der Waals surface area contributed by atoms with E-state index in [2.05, 4.69) is 0 Å². The average Bonchev–Trinajstić information content (AvgIpc) is 2.86. The largest absolute Gasteiger partial charge is 0.493 e. The molecule has 36 heavy (non-hydrogen) atoms. The van der Waals surface area contributed by atoms with Crippen molar-refractivity contribution in [2.24, 2.45) is 0 Å². The second kappa shape index (κ2) is 11.9. The highest BCUT2D eigenvalue weighted by Gasteiger charge is 2.34. The predicted molar refractivity (Wildman–Crippen MR) is 134 cm³/mol. The van der Waals surface area contributed by atoms with Crippen LogP contribution < -0.4 is 28.4 Å². The minimum absolute atomic E-state index is 0.00286. The minimum atomic E-state index is -1.49. The van der Waals surface area contributed by atoms with Gasteiger partial charge in [0, 0.05) is 24.0 Å². The normalized spacial score (nSPS) is 14.4. The van der Waals surface area contributed by atoms with Crippen LogP contribution in [-0.4, -0.2) is 87.5 Å². The number of methoxy groups -OCH3 is 6. The smallest absolute Gasteiger partial charge is 0.203 e. The minimum Gasteiger partial charge on any atom is -0.493 e. The van der Waals surface area contributed by atoms with Crippen molar-refractivity contribution in [3.63, 3.8) is 0 Å². The van der Waals surface area contributed by atoms with Crippen LogP contribution >= 0.6 is 0 Å². The van der Waals surface area contributed by atoms with Crippen molar-refractivity contribution in [3.05, 3.63) is 23.3 Å². The van der Waals surface area contributed by atoms with Crippen LogP contribution in [0.2, 0.25) is 0 Å². The lowest BCUT2D eigenvalue weighted by Gasteiger charge is -2.29. The highest BCUT2D eigenvalue weighted by Crippen LogP contribution is 2.54. The maximum absolute atomic E-state index is 10.8. The van der Waals surface area contributed by atoms with Crippen molar-refractivity contribution in [3.8, 4) is 45.6 Å². The Morgan fingerprint density at radius 3 is 1.08 bits per heavy atom. The van der Waals surface area contributed by atoms with Crippen molar-refractivity contribution >= 4 is 0 Å². The summed E-state index contributed by atoms with van der Waals surface area (Å²) in [5, 5.41) is 41.2. The molecule has 0 aliphatic heterocycles. The fourth-order valence-electron chi connectivity index (χ4n) is 4.17. The van der Waals surface area contributed by atoms with Crippen molar-refractivity contribution in [1.29, 1.82) is 0 Å². The summed E-state index contributed by atoms with van der Waals surface area (Å²) in [5.41, 5.74) is -0.964. The van der Waals surface area contributed by atoms with E-state index >= 15 is 0 Å². The average molecular weight is 511 g/mol. The number of aliphatic hydroxyl groups is 4. The molecule has 0 fully saturated rings. The summed E-state index contributed by atoms with van der Waals surface area (Å²) in [4.78, 5) is 0. The molecule has 0 amide bonds. The molecule has 0 saturated carbocycles. The molecule has 2 rings (SSSR count). The maximum atomic E-state index is 10.8. The molecule has 0 aliphatic carbocycles. The molecule has 0 aromatic heterocycles. The Morgan fingerprint density at radius 2 is 0.861 bits per heavy atom. The Morgan fingerprint density at radius 1 is 0.556 bits per heavy atom. The van der Waals surface area contributed by atoms with Gasteiger partial charge in [-0.2, -0.15) is 0 Å². The second-order valence-corrected chi connectivity index (χ2v) is 9.02. The summed E-state index contributed by atoms with van der Waals surface area (Å²) in [5.74, 6) is 1.83. The Bertz CT molecular complexity index is 962. The van der Waals surface area contributed by atoms with Crippen molar-refractivity contribution in [2.45, 2.75) is 37.9 Å². The topological polar surface area (TPSA) is 136 Å². The molecule has 2 aromatic rings. The van der Waals surface area contributed by atoms with Crippen LogP contribution in [0, 0.1) is 0 Å². The summed E-state index contributed by atoms with van der Waals surface area (Å²) >= 11 is 0. The van der Waals surface area contributed by atoms with Gasteiger partial charge in [0.05, 0.1) is 67.1 Å². The first-order valence-electron chi connectivity index (χ1n) is 11.3. The quantitative estimate of drug-likeness (QED) is 0.317. The fraction of sp³-hybridized carbons (Fsp3) is 0.538. The predicted octanol–water partition coefficient (Wildman–Crippen LogP) is 1.98. The van der Waals surface area contributed by atoms with Gasteiger partial charge < -0.3 is 48.8 Å². The third-order valence-electron chi connectivity index (χ3n) is 5.90. The lowest BCUT2D eigenvalue weighted by molar-refractivity contribution is 0.00185. The third-order valence-corrected chi connectivity index (χ3v) is 5.90. The van der Waals surface area contributed by atoms with Gasteiger partial charge in [-0.25, -0.2) is 0 Å². The van der Waals surface area contributed by atoms with E-state index in [9.17, 15) is 20.4 Å². The van der Waals surface area contributed by atoms with Crippen LogP contribution in [0.25, 0.3) is 11.1 Å². The van der Waals surface area contributed by atoms with Crippen LogP contribution in [0.4, 0.5) is 0 Å². The van der Waals surface area contributed by atoms with Crippen LogP contribution in [0.1, 0.15) is 25.0 Å². The Balaban J connectivity index is 3.17. The first-order valence-corrected chi connectivity index (χ1v) is 11.3. The molecule has 10 heteroatoms. The van der Waals surface area contributed by atoms with Crippen molar-refractivity contribution in [1.82, 2.24) is 0 Å². The third kappa shape index (κ3) is 5.89. The standard InChI is InChI=1S/C26H38O10/c1-25(29,13-27)11-15-9-17(31-3)21(33-5)23(35-7)19(15)20-16(12-26(2,30)14-28)10-18(32-4)22(34-6)24(20)36-8/h9-10,27-30H,11-14H2,1-8H3/t25-,26-/m1/s1. The highest BCUT2D eigenvalue weighted by molar-refractivity contribution is 5.88. The Kier molecular flexibility index (Phi) is 9.67. The van der Waals surface area contributed by atoms with Crippen molar-refractivity contribution in [2.75, 3.05) is 55.9 Å². The van der Waals surface area contributed by atoms with Gasteiger partial charge in [0.25, 0.3) is 0 Å². The van der Waals surface area contributed by atoms with Gasteiger partial charge in [0.15, 0.2) is 23.0 Å². The van der Waals surface area contributed by atoms with E-state index in [4.69, 9.17) is 28.4 Å². The van der Waals surface area contributed by atoms with Gasteiger partial charge in [0.1, 0.15) is 0 Å². The number of ether oxygens (including phenoxy) is 6. The number of benzene rings is 2. The van der Waals surface area contributed by atoms with Crippen LogP contribution in [-0.2, 0) is 12.8 Å². The molecule has 4 N–H and O–H groups in total. The van der Waals surface area contributed by atoms with E-state index in [1.165, 1.54) is 56.5 Å². The van der Waals surface area contributed by atoms with E-state index in [1.54, 1.807) is 12.1 Å². The first-order chi connectivity index (χ1) is 17.0. The molecule has 2 atom stereocenters. The lowest BCUT2D eigenvalue weighted by atomic mass is 9.84. The zero-order chi connectivity index (χ0) is 27.3. The summed E-state index contributed by atoms with van der Waals surface area (Å²) in [6.45, 7) is 2.00. The van der Waals surface area contributed by atoms with Gasteiger partial charge in [0.2, 0.25) is 11.5 Å².